The highest BCUT2D eigenvalue weighted by atomic mass is 32.2. The summed E-state index contributed by atoms with van der Waals surface area (Å²) in [6, 6.07) is -0.336. The summed E-state index contributed by atoms with van der Waals surface area (Å²) in [5, 5.41) is 2.89. The van der Waals surface area contributed by atoms with Crippen molar-refractivity contribution in [1.82, 2.24) is 5.32 Å². The van der Waals surface area contributed by atoms with Crippen molar-refractivity contribution >= 4 is 17.7 Å². The summed E-state index contributed by atoms with van der Waals surface area (Å²) in [6.45, 7) is 5.20. The predicted molar refractivity (Wildman–Crippen MR) is 72.7 cm³/mol. The molecule has 96 valence electrons. The maximum atomic E-state index is 11.5. The van der Waals surface area contributed by atoms with Crippen LogP contribution >= 0.6 is 11.8 Å². The first-order valence-electron chi connectivity index (χ1n) is 6.10. The fourth-order valence-electron chi connectivity index (χ4n) is 1.40. The molecule has 3 nitrogen and oxygen atoms in total. The van der Waals surface area contributed by atoms with Crippen LogP contribution in [0.1, 0.15) is 39.5 Å². The second-order valence-electron chi connectivity index (χ2n) is 4.57. The lowest BCUT2D eigenvalue weighted by atomic mass is 10.1. The van der Waals surface area contributed by atoms with E-state index in [0.29, 0.717) is 0 Å². The maximum Gasteiger partial charge on any atom is 0.236 e. The Bertz CT molecular complexity index is 186. The zero-order chi connectivity index (χ0) is 12.4. The van der Waals surface area contributed by atoms with Crippen molar-refractivity contribution in [2.45, 2.75) is 45.6 Å². The van der Waals surface area contributed by atoms with Gasteiger partial charge in [-0.25, -0.2) is 0 Å². The van der Waals surface area contributed by atoms with Gasteiger partial charge in [-0.2, -0.15) is 11.8 Å². The summed E-state index contributed by atoms with van der Waals surface area (Å²) in [5.41, 5.74) is 5.74. The standard InChI is InChI=1S/C12H26N2OS/c1-10(2)6-4-5-8-14-12(15)11(13)7-9-16-3/h10-11H,4-9,13H2,1-3H3,(H,14,15)/t11-/m0/s1. The van der Waals surface area contributed by atoms with E-state index in [1.54, 1.807) is 11.8 Å². The summed E-state index contributed by atoms with van der Waals surface area (Å²) in [5.74, 6) is 1.69. The Balaban J connectivity index is 3.42. The number of nitrogens with one attached hydrogen (secondary N) is 1. The first kappa shape index (κ1) is 15.8. The quantitative estimate of drug-likeness (QED) is 0.612. The molecule has 16 heavy (non-hydrogen) atoms. The Morgan fingerprint density at radius 3 is 2.56 bits per heavy atom. The van der Waals surface area contributed by atoms with Gasteiger partial charge in [-0.15, -0.1) is 0 Å². The molecule has 0 saturated heterocycles. The van der Waals surface area contributed by atoms with Gasteiger partial charge in [0.25, 0.3) is 0 Å². The number of nitrogens with two attached hydrogens (primary N) is 1. The lowest BCUT2D eigenvalue weighted by Gasteiger charge is -2.11. The Kier molecular flexibility index (Phi) is 9.83. The number of amides is 1. The molecule has 0 aliphatic carbocycles. The predicted octanol–water partition coefficient (Wildman–Crippen LogP) is 2.01. The maximum absolute atomic E-state index is 11.5. The summed E-state index contributed by atoms with van der Waals surface area (Å²) < 4.78 is 0. The van der Waals surface area contributed by atoms with Crippen molar-refractivity contribution in [2.75, 3.05) is 18.6 Å². The molecule has 0 bridgehead atoms. The molecule has 0 radical (unpaired) electrons. The van der Waals surface area contributed by atoms with Crippen molar-refractivity contribution in [1.29, 1.82) is 0 Å². The molecule has 0 rings (SSSR count). The number of rotatable bonds is 9. The van der Waals surface area contributed by atoms with Gasteiger partial charge in [0, 0.05) is 6.54 Å². The van der Waals surface area contributed by atoms with E-state index in [1.165, 1.54) is 12.8 Å². The third-order valence-electron chi connectivity index (χ3n) is 2.48. The van der Waals surface area contributed by atoms with Crippen molar-refractivity contribution < 1.29 is 4.79 Å². The molecule has 1 amide bonds. The van der Waals surface area contributed by atoms with E-state index in [0.717, 1.165) is 31.1 Å². The summed E-state index contributed by atoms with van der Waals surface area (Å²) in [6.07, 6.45) is 6.25. The minimum atomic E-state index is -0.336. The van der Waals surface area contributed by atoms with Gasteiger partial charge < -0.3 is 11.1 Å². The molecule has 4 heteroatoms. The largest absolute Gasteiger partial charge is 0.355 e. The molecule has 0 spiro atoms. The van der Waals surface area contributed by atoms with Crippen LogP contribution in [0.15, 0.2) is 0 Å². The van der Waals surface area contributed by atoms with Gasteiger partial charge in [-0.3, -0.25) is 4.79 Å². The van der Waals surface area contributed by atoms with Crippen LogP contribution in [-0.2, 0) is 4.79 Å². The van der Waals surface area contributed by atoms with Gasteiger partial charge in [0.15, 0.2) is 0 Å². The van der Waals surface area contributed by atoms with Gasteiger partial charge in [-0.05, 0) is 30.8 Å². The zero-order valence-electron chi connectivity index (χ0n) is 10.8. The minimum Gasteiger partial charge on any atom is -0.355 e. The Hall–Kier alpha value is -0.220. The lowest BCUT2D eigenvalue weighted by Crippen LogP contribution is -2.41. The number of hydrogen-bond acceptors (Lipinski definition) is 3. The van der Waals surface area contributed by atoms with Crippen molar-refractivity contribution in [3.05, 3.63) is 0 Å². The molecule has 0 aromatic rings. The topological polar surface area (TPSA) is 55.1 Å². The molecule has 0 fully saturated rings. The van der Waals surface area contributed by atoms with E-state index in [1.807, 2.05) is 6.26 Å². The van der Waals surface area contributed by atoms with Crippen molar-refractivity contribution in [3.63, 3.8) is 0 Å². The van der Waals surface area contributed by atoms with E-state index in [4.69, 9.17) is 5.73 Å². The number of carbonyl (C=O) groups excluding carboxylic acids is 1. The second kappa shape index (κ2) is 9.97. The molecule has 0 unspecified atom stereocenters. The molecular weight excluding hydrogens is 220 g/mol. The van der Waals surface area contributed by atoms with E-state index in [2.05, 4.69) is 19.2 Å². The molecule has 0 aromatic carbocycles. The summed E-state index contributed by atoms with van der Waals surface area (Å²) in [7, 11) is 0. The molecular formula is C12H26N2OS. The van der Waals surface area contributed by atoms with Crippen LogP contribution in [0.25, 0.3) is 0 Å². The average Bonchev–Trinajstić information content (AvgIpc) is 2.24. The third kappa shape index (κ3) is 9.04. The summed E-state index contributed by atoms with van der Waals surface area (Å²) in [4.78, 5) is 11.5. The normalized spacial score (nSPS) is 12.8. The lowest BCUT2D eigenvalue weighted by molar-refractivity contribution is -0.122. The van der Waals surface area contributed by atoms with Crippen LogP contribution in [0.4, 0.5) is 0 Å². The fraction of sp³-hybridized carbons (Fsp3) is 0.917. The van der Waals surface area contributed by atoms with Gasteiger partial charge in [0.2, 0.25) is 5.91 Å². The van der Waals surface area contributed by atoms with Crippen LogP contribution in [-0.4, -0.2) is 30.5 Å². The fourth-order valence-corrected chi connectivity index (χ4v) is 1.89. The zero-order valence-corrected chi connectivity index (χ0v) is 11.6. The monoisotopic (exact) mass is 246 g/mol. The van der Waals surface area contributed by atoms with E-state index < -0.39 is 0 Å². The Labute approximate surface area is 104 Å². The minimum absolute atomic E-state index is 0.00130. The van der Waals surface area contributed by atoms with Crippen LogP contribution in [0.2, 0.25) is 0 Å². The number of unbranched alkanes of at least 4 members (excludes halogenated alkanes) is 1. The molecule has 0 saturated carbocycles. The molecule has 0 heterocycles. The second-order valence-corrected chi connectivity index (χ2v) is 5.55. The third-order valence-corrected chi connectivity index (χ3v) is 3.12. The molecule has 0 aromatic heterocycles. The van der Waals surface area contributed by atoms with Gasteiger partial charge in [0.05, 0.1) is 6.04 Å². The van der Waals surface area contributed by atoms with Gasteiger partial charge in [0.1, 0.15) is 0 Å². The highest BCUT2D eigenvalue weighted by Gasteiger charge is 2.11. The van der Waals surface area contributed by atoms with E-state index >= 15 is 0 Å². The number of carbonyl (C=O) groups is 1. The van der Waals surface area contributed by atoms with E-state index in [9.17, 15) is 4.79 Å². The smallest absolute Gasteiger partial charge is 0.236 e. The van der Waals surface area contributed by atoms with Crippen LogP contribution in [0, 0.1) is 5.92 Å². The first-order chi connectivity index (χ1) is 7.57. The van der Waals surface area contributed by atoms with Crippen molar-refractivity contribution in [2.24, 2.45) is 11.7 Å². The summed E-state index contributed by atoms with van der Waals surface area (Å²) >= 11 is 1.72. The van der Waals surface area contributed by atoms with Crippen LogP contribution in [0.3, 0.4) is 0 Å². The molecule has 0 aliphatic rings. The SMILES string of the molecule is CSCC[C@H](N)C(=O)NCCCCC(C)C. The number of hydrogen-bond donors (Lipinski definition) is 2. The average molecular weight is 246 g/mol. The molecule has 1 atom stereocenters. The Morgan fingerprint density at radius 1 is 1.31 bits per heavy atom. The molecule has 3 N–H and O–H groups in total. The van der Waals surface area contributed by atoms with Crippen LogP contribution in [0.5, 0.6) is 0 Å². The number of thioether (sulfide) groups is 1. The Morgan fingerprint density at radius 2 is 2.00 bits per heavy atom. The highest BCUT2D eigenvalue weighted by molar-refractivity contribution is 7.98. The van der Waals surface area contributed by atoms with Gasteiger partial charge in [-0.1, -0.05) is 26.7 Å². The highest BCUT2D eigenvalue weighted by Crippen LogP contribution is 2.05. The first-order valence-corrected chi connectivity index (χ1v) is 7.49. The van der Waals surface area contributed by atoms with E-state index in [-0.39, 0.29) is 11.9 Å². The molecule has 0 aliphatic heterocycles. The van der Waals surface area contributed by atoms with Gasteiger partial charge >= 0.3 is 0 Å². The van der Waals surface area contributed by atoms with Crippen molar-refractivity contribution in [3.8, 4) is 0 Å². The van der Waals surface area contributed by atoms with Crippen LogP contribution < -0.4 is 11.1 Å².